The average Bonchev–Trinajstić information content (AvgIpc) is 2.86. The smallest absolute Gasteiger partial charge is 0.267 e. The van der Waals surface area contributed by atoms with Crippen molar-refractivity contribution in [1.82, 2.24) is 19.3 Å². The molecule has 8 heteroatoms. The van der Waals surface area contributed by atoms with Crippen molar-refractivity contribution < 1.29 is 9.53 Å². The van der Waals surface area contributed by atoms with Crippen LogP contribution in [-0.4, -0.2) is 33.5 Å². The van der Waals surface area contributed by atoms with Crippen LogP contribution in [0.2, 0.25) is 0 Å². The van der Waals surface area contributed by atoms with Gasteiger partial charge >= 0.3 is 0 Å². The maximum Gasteiger partial charge on any atom is 0.267 e. The van der Waals surface area contributed by atoms with Gasteiger partial charge in [0.05, 0.1) is 18.1 Å². The molecule has 35 heavy (non-hydrogen) atoms. The second kappa shape index (κ2) is 10.5. The highest BCUT2D eigenvalue weighted by molar-refractivity contribution is 5.96. The summed E-state index contributed by atoms with van der Waals surface area (Å²) in [7, 11) is 1.62. The molecule has 0 aliphatic carbocycles. The van der Waals surface area contributed by atoms with Gasteiger partial charge in [-0.05, 0) is 55.2 Å². The van der Waals surface area contributed by atoms with Crippen molar-refractivity contribution in [2.45, 2.75) is 46.1 Å². The molecular weight excluding hydrogens is 442 g/mol. The highest BCUT2D eigenvalue weighted by atomic mass is 16.5. The number of ether oxygens (including phenoxy) is 1. The maximum absolute atomic E-state index is 13.4. The van der Waals surface area contributed by atoms with Crippen LogP contribution in [0.1, 0.15) is 47.7 Å². The Morgan fingerprint density at radius 1 is 1.14 bits per heavy atom. The molecule has 4 rings (SSSR count). The molecule has 0 fully saturated rings. The summed E-state index contributed by atoms with van der Waals surface area (Å²) in [5, 5.41) is 12.1. The van der Waals surface area contributed by atoms with E-state index in [1.54, 1.807) is 23.9 Å². The monoisotopic (exact) mass is 473 g/mol. The van der Waals surface area contributed by atoms with Gasteiger partial charge in [0.15, 0.2) is 0 Å². The number of nitrogens with one attached hydrogen (secondary N) is 2. The number of amides is 1. The van der Waals surface area contributed by atoms with Crippen LogP contribution >= 0.6 is 0 Å². The van der Waals surface area contributed by atoms with E-state index in [1.807, 2.05) is 37.3 Å². The molecule has 0 radical (unpaired) electrons. The van der Waals surface area contributed by atoms with E-state index in [0.29, 0.717) is 36.2 Å². The minimum absolute atomic E-state index is 0.0698. The molecule has 182 valence electrons. The van der Waals surface area contributed by atoms with Gasteiger partial charge in [0.1, 0.15) is 22.5 Å². The largest absolute Gasteiger partial charge is 0.497 e. The molecule has 3 heterocycles. The fraction of sp³-hybridized carbons (Fsp3) is 0.333. The lowest BCUT2D eigenvalue weighted by Gasteiger charge is -2.15. The van der Waals surface area contributed by atoms with Crippen molar-refractivity contribution in [2.75, 3.05) is 13.7 Å². The van der Waals surface area contributed by atoms with E-state index in [9.17, 15) is 9.59 Å². The summed E-state index contributed by atoms with van der Waals surface area (Å²) in [6, 6.07) is 12.9. The summed E-state index contributed by atoms with van der Waals surface area (Å²) in [6.45, 7) is 4.94. The van der Waals surface area contributed by atoms with Crippen LogP contribution in [0.5, 0.6) is 5.75 Å². The Morgan fingerprint density at radius 3 is 2.63 bits per heavy atom. The summed E-state index contributed by atoms with van der Waals surface area (Å²) in [5.74, 6) is 0.409. The first kappa shape index (κ1) is 24.2. The number of carbonyl (C=O) groups is 1. The fourth-order valence-electron chi connectivity index (χ4n) is 4.21. The first-order valence-corrected chi connectivity index (χ1v) is 12.0. The Kier molecular flexibility index (Phi) is 7.29. The van der Waals surface area contributed by atoms with Crippen LogP contribution in [-0.2, 0) is 13.0 Å². The molecule has 8 nitrogen and oxygen atoms in total. The lowest BCUT2D eigenvalue weighted by molar-refractivity contribution is 0.0951. The summed E-state index contributed by atoms with van der Waals surface area (Å²) in [6.07, 6.45) is 5.16. The Balaban J connectivity index is 1.70. The van der Waals surface area contributed by atoms with Crippen molar-refractivity contribution in [3.05, 3.63) is 81.2 Å². The lowest BCUT2D eigenvalue weighted by atomic mass is 10.1. The van der Waals surface area contributed by atoms with Crippen LogP contribution in [0.15, 0.2) is 53.5 Å². The Labute approximate surface area is 203 Å². The van der Waals surface area contributed by atoms with Gasteiger partial charge in [0.25, 0.3) is 11.5 Å². The molecular formula is C27H31N5O3. The molecule has 0 aliphatic rings. The summed E-state index contributed by atoms with van der Waals surface area (Å²) >= 11 is 0. The third kappa shape index (κ3) is 4.96. The molecule has 0 unspecified atom stereocenters. The fourth-order valence-corrected chi connectivity index (χ4v) is 4.21. The molecule has 0 saturated carbocycles. The number of nitrogens with zero attached hydrogens (tertiary/aromatic N) is 3. The number of methoxy groups -OCH3 is 1. The molecule has 4 aromatic rings. The SMILES string of the molecule is CCCCCn1c(=N)c(C(=O)NCCc2ccc(OC)cc2)cc2c(=O)n3cccc(C)c3nc21. The predicted octanol–water partition coefficient (Wildman–Crippen LogP) is 3.61. The van der Waals surface area contributed by atoms with Crippen molar-refractivity contribution >= 4 is 22.6 Å². The number of fused-ring (bicyclic) bond motifs is 2. The second-order valence-electron chi connectivity index (χ2n) is 8.66. The van der Waals surface area contributed by atoms with Gasteiger partial charge in [0, 0.05) is 19.3 Å². The number of aromatic nitrogens is 3. The molecule has 2 N–H and O–H groups in total. The van der Waals surface area contributed by atoms with Crippen molar-refractivity contribution in [1.29, 1.82) is 5.41 Å². The Morgan fingerprint density at radius 2 is 1.91 bits per heavy atom. The average molecular weight is 474 g/mol. The Hall–Kier alpha value is -3.94. The van der Waals surface area contributed by atoms with Gasteiger partial charge in [-0.1, -0.05) is 38.0 Å². The highest BCUT2D eigenvalue weighted by Gasteiger charge is 2.18. The van der Waals surface area contributed by atoms with E-state index < -0.39 is 0 Å². The van der Waals surface area contributed by atoms with Crippen LogP contribution in [0, 0.1) is 12.3 Å². The number of benzene rings is 1. The molecule has 1 amide bonds. The second-order valence-corrected chi connectivity index (χ2v) is 8.66. The van der Waals surface area contributed by atoms with Gasteiger partial charge in [0.2, 0.25) is 0 Å². The number of unbranched alkanes of at least 4 members (excludes halogenated alkanes) is 2. The van der Waals surface area contributed by atoms with Gasteiger partial charge in [-0.3, -0.25) is 19.4 Å². The summed E-state index contributed by atoms with van der Waals surface area (Å²) < 4.78 is 8.39. The van der Waals surface area contributed by atoms with Gasteiger partial charge < -0.3 is 14.6 Å². The van der Waals surface area contributed by atoms with E-state index in [0.717, 1.165) is 36.1 Å². The highest BCUT2D eigenvalue weighted by Crippen LogP contribution is 2.14. The molecule has 0 saturated heterocycles. The summed E-state index contributed by atoms with van der Waals surface area (Å²) in [5.41, 5.74) is 2.94. The zero-order chi connectivity index (χ0) is 24.9. The molecule has 0 spiro atoms. The van der Waals surface area contributed by atoms with E-state index in [2.05, 4.69) is 12.2 Å². The first-order valence-electron chi connectivity index (χ1n) is 12.0. The summed E-state index contributed by atoms with van der Waals surface area (Å²) in [4.78, 5) is 31.2. The number of aryl methyl sites for hydroxylation is 2. The van der Waals surface area contributed by atoms with Gasteiger partial charge in [-0.2, -0.15) is 0 Å². The van der Waals surface area contributed by atoms with Gasteiger partial charge in [-0.25, -0.2) is 4.98 Å². The third-order valence-corrected chi connectivity index (χ3v) is 6.22. The van der Waals surface area contributed by atoms with Crippen molar-refractivity contribution in [2.24, 2.45) is 0 Å². The molecule has 1 aromatic carbocycles. The minimum atomic E-state index is -0.372. The number of carbonyl (C=O) groups excluding carboxylic acids is 1. The molecule has 0 bridgehead atoms. The minimum Gasteiger partial charge on any atom is -0.497 e. The molecule has 0 atom stereocenters. The zero-order valence-corrected chi connectivity index (χ0v) is 20.4. The van der Waals surface area contributed by atoms with Crippen LogP contribution < -0.4 is 21.1 Å². The first-order chi connectivity index (χ1) is 16.9. The maximum atomic E-state index is 13.4. The Bertz CT molecular complexity index is 1490. The zero-order valence-electron chi connectivity index (χ0n) is 20.4. The number of hydrogen-bond acceptors (Lipinski definition) is 5. The predicted molar refractivity (Wildman–Crippen MR) is 136 cm³/mol. The van der Waals surface area contributed by atoms with Crippen molar-refractivity contribution in [3.63, 3.8) is 0 Å². The normalized spacial score (nSPS) is 11.2. The number of rotatable bonds is 9. The van der Waals surface area contributed by atoms with Crippen LogP contribution in [0.3, 0.4) is 0 Å². The van der Waals surface area contributed by atoms with E-state index in [4.69, 9.17) is 15.1 Å². The number of hydrogen-bond donors (Lipinski definition) is 2. The molecule has 3 aromatic heterocycles. The quantitative estimate of drug-likeness (QED) is 0.286. The van der Waals surface area contributed by atoms with E-state index in [1.165, 1.54) is 10.5 Å². The standard InChI is InChI=1S/C27H31N5O3/c1-4-5-6-15-31-23(28)21(26(33)29-14-13-19-9-11-20(35-3)12-10-19)17-22-25(31)30-24-18(2)8-7-16-32(24)27(22)34/h7-12,16-17,28H,4-6,13-15H2,1-3H3,(H,29,33). The lowest BCUT2D eigenvalue weighted by Crippen LogP contribution is -2.35. The topological polar surface area (TPSA) is 101 Å². The van der Waals surface area contributed by atoms with E-state index in [-0.39, 0.29) is 22.5 Å². The van der Waals surface area contributed by atoms with Crippen LogP contribution in [0.4, 0.5) is 0 Å². The van der Waals surface area contributed by atoms with Crippen LogP contribution in [0.25, 0.3) is 16.7 Å². The van der Waals surface area contributed by atoms with E-state index >= 15 is 0 Å². The van der Waals surface area contributed by atoms with Crippen molar-refractivity contribution in [3.8, 4) is 5.75 Å². The molecule has 0 aliphatic heterocycles. The van der Waals surface area contributed by atoms with Gasteiger partial charge in [-0.15, -0.1) is 0 Å². The number of pyridine rings is 2. The third-order valence-electron chi connectivity index (χ3n) is 6.22.